The van der Waals surface area contributed by atoms with Gasteiger partial charge in [-0.3, -0.25) is 0 Å². The van der Waals surface area contributed by atoms with E-state index in [-0.39, 0.29) is 0 Å². The first kappa shape index (κ1) is 21.8. The van der Waals surface area contributed by atoms with E-state index >= 15 is 0 Å². The molecule has 0 spiro atoms. The maximum absolute atomic E-state index is 2.24. The molecule has 1 fully saturated rings. The summed E-state index contributed by atoms with van der Waals surface area (Å²) in [7, 11) is 0. The van der Waals surface area contributed by atoms with Gasteiger partial charge in [-0.2, -0.15) is 0 Å². The molecule has 2 aliphatic carbocycles. The largest absolute Gasteiger partial charge is 0.0890 e. The third-order valence-electron chi connectivity index (χ3n) is 3.55. The van der Waals surface area contributed by atoms with Crippen LogP contribution in [0.4, 0.5) is 0 Å². The molecule has 0 heterocycles. The Kier molecular flexibility index (Phi) is 20.1. The van der Waals surface area contributed by atoms with Gasteiger partial charge < -0.3 is 0 Å². The number of hydrogen-bond acceptors (Lipinski definition) is 0. The quantitative estimate of drug-likeness (QED) is 0.432. The monoisotopic (exact) mass is 280 g/mol. The van der Waals surface area contributed by atoms with E-state index in [4.69, 9.17) is 0 Å². The molecule has 0 radical (unpaired) electrons. The molecule has 0 heteroatoms. The molecule has 20 heavy (non-hydrogen) atoms. The number of allylic oxidation sites excluding steroid dienone is 4. The summed E-state index contributed by atoms with van der Waals surface area (Å²) in [5.41, 5.74) is 1.38. The van der Waals surface area contributed by atoms with Gasteiger partial charge in [-0.15, -0.1) is 0 Å². The Hall–Kier alpha value is -0.520. The van der Waals surface area contributed by atoms with Crippen LogP contribution < -0.4 is 0 Å². The fourth-order valence-corrected chi connectivity index (χ4v) is 1.47. The second kappa shape index (κ2) is 18.5. The second-order valence-electron chi connectivity index (χ2n) is 6.34. The zero-order valence-electron chi connectivity index (χ0n) is 15.2. The van der Waals surface area contributed by atoms with Crippen molar-refractivity contribution >= 4 is 0 Å². The topological polar surface area (TPSA) is 0 Å². The van der Waals surface area contributed by atoms with E-state index in [1.54, 1.807) is 0 Å². The van der Waals surface area contributed by atoms with Crippen LogP contribution in [0.1, 0.15) is 99.3 Å². The fourth-order valence-electron chi connectivity index (χ4n) is 1.47. The first-order chi connectivity index (χ1) is 9.54. The molecule has 0 aromatic rings. The van der Waals surface area contributed by atoms with E-state index in [9.17, 15) is 0 Å². The van der Waals surface area contributed by atoms with E-state index in [1.165, 1.54) is 63.4 Å². The van der Waals surface area contributed by atoms with Gasteiger partial charge in [0.1, 0.15) is 0 Å². The van der Waals surface area contributed by atoms with Crippen LogP contribution >= 0.6 is 0 Å². The zero-order valence-corrected chi connectivity index (χ0v) is 15.2. The van der Waals surface area contributed by atoms with Crippen molar-refractivity contribution in [3.05, 3.63) is 23.8 Å². The van der Waals surface area contributed by atoms with Crippen molar-refractivity contribution in [1.29, 1.82) is 0 Å². The van der Waals surface area contributed by atoms with Gasteiger partial charge in [0.25, 0.3) is 0 Å². The van der Waals surface area contributed by atoms with Gasteiger partial charge in [-0.05, 0) is 46.0 Å². The molecule has 0 amide bonds. The highest BCUT2D eigenvalue weighted by molar-refractivity contribution is 4.89. The second-order valence-corrected chi connectivity index (χ2v) is 6.34. The summed E-state index contributed by atoms with van der Waals surface area (Å²) in [5, 5.41) is 0. The lowest BCUT2D eigenvalue weighted by atomic mass is 10.2. The molecule has 0 aromatic carbocycles. The van der Waals surface area contributed by atoms with Crippen molar-refractivity contribution in [2.24, 2.45) is 5.92 Å². The maximum Gasteiger partial charge on any atom is -0.0348 e. The van der Waals surface area contributed by atoms with E-state index in [0.717, 1.165) is 5.92 Å². The van der Waals surface area contributed by atoms with Crippen LogP contribution in [0.25, 0.3) is 0 Å². The van der Waals surface area contributed by atoms with Gasteiger partial charge >= 0.3 is 0 Å². The Morgan fingerprint density at radius 2 is 1.20 bits per heavy atom. The number of rotatable bonds is 1. The van der Waals surface area contributed by atoms with E-state index in [2.05, 4.69) is 52.8 Å². The van der Waals surface area contributed by atoms with Crippen LogP contribution in [0.15, 0.2) is 23.8 Å². The Morgan fingerprint density at radius 1 is 0.900 bits per heavy atom. The molecule has 0 N–H and O–H groups in total. The lowest BCUT2D eigenvalue weighted by Gasteiger charge is -1.90. The molecule has 2 aliphatic rings. The average Bonchev–Trinajstić information content (AvgIpc) is 3.16. The highest BCUT2D eigenvalue weighted by Crippen LogP contribution is 2.15. The molecule has 2 rings (SSSR count). The first-order valence-electron chi connectivity index (χ1n) is 8.79. The molecule has 0 unspecified atom stereocenters. The van der Waals surface area contributed by atoms with Gasteiger partial charge in [-0.25, -0.2) is 0 Å². The lowest BCUT2D eigenvalue weighted by molar-refractivity contribution is 0.626. The summed E-state index contributed by atoms with van der Waals surface area (Å²) in [5.74, 6) is 0.884. The molecular formula is C20H40. The summed E-state index contributed by atoms with van der Waals surface area (Å²) >= 11 is 0. The zero-order chi connectivity index (χ0) is 15.6. The molecule has 0 bridgehead atoms. The van der Waals surface area contributed by atoms with Crippen molar-refractivity contribution in [3.63, 3.8) is 0 Å². The molecule has 1 saturated carbocycles. The minimum absolute atomic E-state index is 0.884. The summed E-state index contributed by atoms with van der Waals surface area (Å²) in [6.07, 6.45) is 19.4. The predicted octanol–water partition coefficient (Wildman–Crippen LogP) is 7.70. The SMILES string of the molecule is C1=CCCC1.C1CCCC1.CC=C(C)C.CCC(C)C. The van der Waals surface area contributed by atoms with Gasteiger partial charge in [-0.1, -0.05) is 83.1 Å². The molecule has 120 valence electrons. The summed E-state index contributed by atoms with van der Waals surface area (Å²) in [6, 6.07) is 0. The molecular weight excluding hydrogens is 240 g/mol. The van der Waals surface area contributed by atoms with Crippen LogP contribution in [0.2, 0.25) is 0 Å². The fraction of sp³-hybridized carbons (Fsp3) is 0.800. The first-order valence-corrected chi connectivity index (χ1v) is 8.79. The van der Waals surface area contributed by atoms with Crippen LogP contribution in [0, 0.1) is 5.92 Å². The van der Waals surface area contributed by atoms with E-state index < -0.39 is 0 Å². The van der Waals surface area contributed by atoms with Gasteiger partial charge in [0.2, 0.25) is 0 Å². The standard InChI is InChI=1S/C5H10.C5H8.C5H12.C5H10/c2*1-2-4-5-3-1;2*1-4-5(2)3/h1-5H2;1-2H,3-5H2;5H,4H2,1-3H3;4H,1-3H3. The van der Waals surface area contributed by atoms with Crippen molar-refractivity contribution in [2.75, 3.05) is 0 Å². The number of hydrogen-bond donors (Lipinski definition) is 0. The summed E-state index contributed by atoms with van der Waals surface area (Å²) < 4.78 is 0. The van der Waals surface area contributed by atoms with Crippen molar-refractivity contribution < 1.29 is 0 Å². The molecule has 0 atom stereocenters. The van der Waals surface area contributed by atoms with Gasteiger partial charge in [0.05, 0.1) is 0 Å². The third-order valence-corrected chi connectivity index (χ3v) is 3.55. The molecule has 0 aromatic heterocycles. The lowest BCUT2D eigenvalue weighted by Crippen LogP contribution is -1.77. The van der Waals surface area contributed by atoms with Crippen molar-refractivity contribution in [1.82, 2.24) is 0 Å². The van der Waals surface area contributed by atoms with Crippen molar-refractivity contribution in [3.8, 4) is 0 Å². The molecule has 0 nitrogen and oxygen atoms in total. The summed E-state index contributed by atoms with van der Waals surface area (Å²) in [4.78, 5) is 0. The molecule has 0 aliphatic heterocycles. The normalized spacial score (nSPS) is 15.3. The van der Waals surface area contributed by atoms with Crippen LogP contribution in [-0.2, 0) is 0 Å². The van der Waals surface area contributed by atoms with Crippen LogP contribution in [0.3, 0.4) is 0 Å². The van der Waals surface area contributed by atoms with E-state index in [1.807, 2.05) is 6.92 Å². The van der Waals surface area contributed by atoms with Crippen LogP contribution in [0.5, 0.6) is 0 Å². The van der Waals surface area contributed by atoms with Gasteiger partial charge in [0, 0.05) is 0 Å². The smallest absolute Gasteiger partial charge is 0.0348 e. The van der Waals surface area contributed by atoms with Gasteiger partial charge in [0.15, 0.2) is 0 Å². The highest BCUT2D eigenvalue weighted by atomic mass is 14.0. The Balaban J connectivity index is 0. The minimum Gasteiger partial charge on any atom is -0.0890 e. The average molecular weight is 281 g/mol. The minimum atomic E-state index is 0.884. The van der Waals surface area contributed by atoms with Crippen LogP contribution in [-0.4, -0.2) is 0 Å². The Labute approximate surface area is 129 Å². The Morgan fingerprint density at radius 3 is 1.30 bits per heavy atom. The third kappa shape index (κ3) is 26.1. The summed E-state index contributed by atoms with van der Waals surface area (Å²) in [6.45, 7) is 12.8. The van der Waals surface area contributed by atoms with E-state index in [0.29, 0.717) is 0 Å². The van der Waals surface area contributed by atoms with Crippen molar-refractivity contribution in [2.45, 2.75) is 99.3 Å². The highest BCUT2D eigenvalue weighted by Gasteiger charge is 1.95. The molecule has 0 saturated heterocycles. The maximum atomic E-state index is 2.24. The Bertz CT molecular complexity index is 199. The predicted molar refractivity (Wildman–Crippen MR) is 96.3 cm³/mol.